The number of hydrogen-bond donors (Lipinski definition) is 0. The normalized spacial score (nSPS) is 31.3. The molecule has 1 atom stereocenters. The molecular formula is C7H7NO3. The van der Waals surface area contributed by atoms with Gasteiger partial charge in [0.25, 0.3) is 0 Å². The summed E-state index contributed by atoms with van der Waals surface area (Å²) in [6.45, 7) is 0.461. The summed E-state index contributed by atoms with van der Waals surface area (Å²) in [5, 5.41) is 0. The lowest BCUT2D eigenvalue weighted by Gasteiger charge is -2.30. The summed E-state index contributed by atoms with van der Waals surface area (Å²) in [6.07, 6.45) is 2.39. The quantitative estimate of drug-likeness (QED) is 0.294. The van der Waals surface area contributed by atoms with Crippen molar-refractivity contribution in [3.8, 4) is 0 Å². The van der Waals surface area contributed by atoms with Crippen LogP contribution in [0.1, 0.15) is 6.42 Å². The third-order valence-corrected chi connectivity index (χ3v) is 1.88. The topological polar surface area (TPSA) is 46.6 Å². The Bertz CT molecular complexity index is 246. The molecule has 11 heavy (non-hydrogen) atoms. The zero-order valence-corrected chi connectivity index (χ0v) is 5.82. The number of allylic oxidation sites excluding steroid dienone is 1. The number of nitrogens with zero attached hydrogens (tertiary/aromatic N) is 1. The van der Waals surface area contributed by atoms with Crippen LogP contribution in [0.3, 0.4) is 0 Å². The maximum absolute atomic E-state index is 10.8. The van der Waals surface area contributed by atoms with Crippen LogP contribution in [0.25, 0.3) is 0 Å². The lowest BCUT2D eigenvalue weighted by molar-refractivity contribution is -0.153. The van der Waals surface area contributed by atoms with Crippen molar-refractivity contribution in [1.82, 2.24) is 4.90 Å². The number of fused-ring (bicyclic) bond motifs is 1. The van der Waals surface area contributed by atoms with E-state index >= 15 is 0 Å². The first-order chi connectivity index (χ1) is 5.31. The Balaban J connectivity index is 2.09. The van der Waals surface area contributed by atoms with Gasteiger partial charge < -0.3 is 4.74 Å². The summed E-state index contributed by atoms with van der Waals surface area (Å²) in [6, 6.07) is 0. The summed E-state index contributed by atoms with van der Waals surface area (Å²) in [5.74, 6) is 0.695. The van der Waals surface area contributed by atoms with E-state index < -0.39 is 0 Å². The molecule has 0 bridgehead atoms. The van der Waals surface area contributed by atoms with Crippen LogP contribution in [0.5, 0.6) is 0 Å². The number of amides is 1. The van der Waals surface area contributed by atoms with Crippen LogP contribution < -0.4 is 0 Å². The van der Waals surface area contributed by atoms with Gasteiger partial charge in [-0.15, -0.1) is 0 Å². The van der Waals surface area contributed by atoms with Gasteiger partial charge in [0.15, 0.2) is 6.23 Å². The minimum Gasteiger partial charge on any atom is -0.472 e. The second-order valence-corrected chi connectivity index (χ2v) is 2.57. The van der Waals surface area contributed by atoms with Crippen molar-refractivity contribution in [1.29, 1.82) is 0 Å². The molecule has 0 aromatic heterocycles. The Morgan fingerprint density at radius 2 is 2.45 bits per heavy atom. The van der Waals surface area contributed by atoms with Crippen molar-refractivity contribution in [3.05, 3.63) is 11.8 Å². The number of carbonyl (C=O) groups excluding carboxylic acids is 2. The molecule has 0 aromatic carbocycles. The Morgan fingerprint density at radius 3 is 3.00 bits per heavy atom. The first-order valence-electron chi connectivity index (χ1n) is 3.42. The third kappa shape index (κ3) is 0.824. The van der Waals surface area contributed by atoms with Crippen LogP contribution in [0.15, 0.2) is 11.8 Å². The molecule has 0 aliphatic carbocycles. The van der Waals surface area contributed by atoms with Gasteiger partial charge in [-0.3, -0.25) is 14.5 Å². The van der Waals surface area contributed by atoms with Crippen LogP contribution in [0.4, 0.5) is 0 Å². The van der Waals surface area contributed by atoms with E-state index in [0.717, 1.165) is 0 Å². The average molecular weight is 153 g/mol. The molecule has 4 heteroatoms. The van der Waals surface area contributed by atoms with Gasteiger partial charge in [-0.1, -0.05) is 0 Å². The second kappa shape index (κ2) is 2.08. The summed E-state index contributed by atoms with van der Waals surface area (Å²) in [7, 11) is 0. The highest BCUT2D eigenvalue weighted by atomic mass is 16.5. The van der Waals surface area contributed by atoms with Gasteiger partial charge in [0.2, 0.25) is 5.91 Å². The molecule has 58 valence electrons. The number of aldehydes is 1. The van der Waals surface area contributed by atoms with Crippen LogP contribution in [-0.2, 0) is 14.3 Å². The molecule has 2 heterocycles. The monoisotopic (exact) mass is 153 g/mol. The fourth-order valence-corrected chi connectivity index (χ4v) is 1.27. The fourth-order valence-electron chi connectivity index (χ4n) is 1.27. The highest BCUT2D eigenvalue weighted by Gasteiger charge is 2.43. The molecule has 0 N–H and O–H groups in total. The molecule has 2 rings (SSSR count). The van der Waals surface area contributed by atoms with Gasteiger partial charge in [0.05, 0.1) is 13.0 Å². The molecule has 0 saturated carbocycles. The van der Waals surface area contributed by atoms with E-state index in [1.54, 1.807) is 4.90 Å². The average Bonchev–Trinajstić information content (AvgIpc) is 2.29. The predicted octanol–water partition coefficient (Wildman–Crippen LogP) is -0.342. The van der Waals surface area contributed by atoms with Gasteiger partial charge in [0, 0.05) is 6.08 Å². The van der Waals surface area contributed by atoms with Gasteiger partial charge in [0.1, 0.15) is 12.0 Å². The minimum atomic E-state index is -0.0892. The first kappa shape index (κ1) is 6.39. The molecule has 2 saturated heterocycles. The van der Waals surface area contributed by atoms with Crippen molar-refractivity contribution in [3.63, 3.8) is 0 Å². The molecule has 0 unspecified atom stereocenters. The highest BCUT2D eigenvalue weighted by molar-refractivity contribution is 5.83. The standard InChI is InChI=1S/C7H7NO3/c9-2-1-5-4-8-6(10)3-7(8)11-5/h1-2,7H,3-4H2/b5-1-/t7-/m1/s1. The number of hydrogen-bond acceptors (Lipinski definition) is 3. The molecule has 0 aromatic rings. The largest absolute Gasteiger partial charge is 0.472 e. The lowest BCUT2D eigenvalue weighted by atomic mass is 10.2. The second-order valence-electron chi connectivity index (χ2n) is 2.57. The van der Waals surface area contributed by atoms with E-state index in [1.165, 1.54) is 6.08 Å². The van der Waals surface area contributed by atoms with E-state index in [1.807, 2.05) is 0 Å². The van der Waals surface area contributed by atoms with Crippen LogP contribution in [-0.4, -0.2) is 29.9 Å². The Hall–Kier alpha value is -1.32. The van der Waals surface area contributed by atoms with E-state index in [4.69, 9.17) is 4.74 Å². The summed E-state index contributed by atoms with van der Waals surface area (Å²) in [5.41, 5.74) is 0. The van der Waals surface area contributed by atoms with E-state index in [2.05, 4.69) is 0 Å². The van der Waals surface area contributed by atoms with Crippen molar-refractivity contribution in [2.75, 3.05) is 6.54 Å². The van der Waals surface area contributed by atoms with Crippen LogP contribution >= 0.6 is 0 Å². The molecule has 1 amide bonds. The zero-order valence-electron chi connectivity index (χ0n) is 5.82. The number of β-lactam (4-membered cyclic amide) rings is 1. The van der Waals surface area contributed by atoms with Crippen LogP contribution in [0, 0.1) is 0 Å². The smallest absolute Gasteiger partial charge is 0.231 e. The molecule has 2 aliphatic rings. The van der Waals surface area contributed by atoms with Gasteiger partial charge >= 0.3 is 0 Å². The number of rotatable bonds is 1. The molecule has 4 nitrogen and oxygen atoms in total. The lowest BCUT2D eigenvalue weighted by Crippen LogP contribution is -2.48. The maximum Gasteiger partial charge on any atom is 0.231 e. The zero-order chi connectivity index (χ0) is 7.84. The highest BCUT2D eigenvalue weighted by Crippen LogP contribution is 2.29. The Kier molecular flexibility index (Phi) is 1.21. The molecule has 0 radical (unpaired) electrons. The van der Waals surface area contributed by atoms with Gasteiger partial charge in [-0.25, -0.2) is 0 Å². The Morgan fingerprint density at radius 1 is 1.64 bits per heavy atom. The molecule has 0 spiro atoms. The first-order valence-corrected chi connectivity index (χ1v) is 3.42. The Labute approximate surface area is 63.4 Å². The molecule has 2 fully saturated rings. The summed E-state index contributed by atoms with van der Waals surface area (Å²) < 4.78 is 5.21. The number of carbonyl (C=O) groups is 2. The summed E-state index contributed by atoms with van der Waals surface area (Å²) in [4.78, 5) is 22.4. The minimum absolute atomic E-state index is 0.0892. The van der Waals surface area contributed by atoms with Gasteiger partial charge in [-0.2, -0.15) is 0 Å². The number of ether oxygens (including phenoxy) is 1. The maximum atomic E-state index is 10.8. The SMILES string of the molecule is O=C/C=C1/CN2C(=O)C[C@H]2O1. The predicted molar refractivity (Wildman–Crippen MR) is 35.4 cm³/mol. The third-order valence-electron chi connectivity index (χ3n) is 1.88. The van der Waals surface area contributed by atoms with Crippen molar-refractivity contribution < 1.29 is 14.3 Å². The van der Waals surface area contributed by atoms with E-state index in [0.29, 0.717) is 25.0 Å². The summed E-state index contributed by atoms with van der Waals surface area (Å²) >= 11 is 0. The van der Waals surface area contributed by atoms with Crippen molar-refractivity contribution >= 4 is 12.2 Å². The fraction of sp³-hybridized carbons (Fsp3) is 0.429. The van der Waals surface area contributed by atoms with Gasteiger partial charge in [-0.05, 0) is 0 Å². The van der Waals surface area contributed by atoms with Crippen molar-refractivity contribution in [2.24, 2.45) is 0 Å². The molecular weight excluding hydrogens is 146 g/mol. The van der Waals surface area contributed by atoms with E-state index in [-0.39, 0.29) is 12.1 Å². The van der Waals surface area contributed by atoms with Crippen molar-refractivity contribution in [2.45, 2.75) is 12.6 Å². The molecule has 2 aliphatic heterocycles. The van der Waals surface area contributed by atoms with E-state index in [9.17, 15) is 9.59 Å². The van der Waals surface area contributed by atoms with Crippen LogP contribution in [0.2, 0.25) is 0 Å².